The standard InChI is InChI=1S/C58H73N11O10/c1-35(55(76)77)29-30-68(9)54(75)51(57(3,4)5)66-53(74)50(61-8)58(6,7)39-18-16-19-41(31-39)65-56(78)79-34-37-25-27-40(28-26-37)64-52(73)36(2)63-46(71)32-62-45(70)23-14-15-24-47(72)69-33-38-17-10-11-20-42(38)49(67-60)48(59)43-21-12-13-22-44(43)69/h10-13,16-22,25-29,31,36,50-51,60-61H,14-15,23-24,30,32-34,59H2,1-9H3,(H,62,70)(H,63,71)(H,64,73)(H,65,78)(H,66,74)(H,76,77)/b35-29+,49-48-,67-60?/t36-,50+,51?/m0/s1. The number of ether oxygens (including phenoxy) is 1. The van der Waals surface area contributed by atoms with Crippen LogP contribution in [0, 0.1) is 10.9 Å². The largest absolute Gasteiger partial charge is 0.478 e. The lowest BCUT2D eigenvalue weighted by Crippen LogP contribution is -2.60. The quantitative estimate of drug-likeness (QED) is 0.0210. The summed E-state index contributed by atoms with van der Waals surface area (Å²) >= 11 is 0. The summed E-state index contributed by atoms with van der Waals surface area (Å²) in [5.74, 6) is -3.55. The maximum absolute atomic E-state index is 14.0. The van der Waals surface area contributed by atoms with Gasteiger partial charge in [0.05, 0.1) is 30.5 Å². The van der Waals surface area contributed by atoms with Crippen molar-refractivity contribution in [1.29, 1.82) is 5.53 Å². The third-order valence-corrected chi connectivity index (χ3v) is 13.5. The van der Waals surface area contributed by atoms with E-state index in [1.54, 1.807) is 79.7 Å². The highest BCUT2D eigenvalue weighted by Crippen LogP contribution is 2.37. The molecule has 0 aliphatic carbocycles. The van der Waals surface area contributed by atoms with Gasteiger partial charge in [-0.1, -0.05) is 107 Å². The molecule has 1 heterocycles. The fraction of sp³-hybridized carbons (Fsp3) is 0.379. The average molecular weight is 1080 g/mol. The van der Waals surface area contributed by atoms with Crippen LogP contribution in [0.15, 0.2) is 114 Å². The number of carbonyl (C=O) groups is 8. The number of amides is 7. The number of para-hydroxylation sites is 1. The smallest absolute Gasteiger partial charge is 0.411 e. The van der Waals surface area contributed by atoms with Gasteiger partial charge in [0, 0.05) is 59.9 Å². The van der Waals surface area contributed by atoms with Gasteiger partial charge in [-0.3, -0.25) is 34.1 Å². The van der Waals surface area contributed by atoms with Crippen molar-refractivity contribution < 1.29 is 48.2 Å². The second kappa shape index (κ2) is 27.5. The summed E-state index contributed by atoms with van der Waals surface area (Å²) < 4.78 is 5.48. The number of anilines is 3. The van der Waals surface area contributed by atoms with Crippen LogP contribution in [-0.2, 0) is 56.9 Å². The summed E-state index contributed by atoms with van der Waals surface area (Å²) in [6.45, 7) is 12.0. The van der Waals surface area contributed by atoms with Crippen LogP contribution < -0.4 is 42.5 Å². The normalized spacial score (nSPS) is 14.5. The highest BCUT2D eigenvalue weighted by molar-refractivity contribution is 6.01. The van der Waals surface area contributed by atoms with Crippen LogP contribution in [0.4, 0.5) is 21.9 Å². The first kappa shape index (κ1) is 61.1. The molecule has 0 aromatic heterocycles. The van der Waals surface area contributed by atoms with Gasteiger partial charge in [0.15, 0.2) is 0 Å². The summed E-state index contributed by atoms with van der Waals surface area (Å²) in [7, 11) is 3.18. The Balaban J connectivity index is 1.03. The third-order valence-electron chi connectivity index (χ3n) is 13.5. The van der Waals surface area contributed by atoms with Crippen molar-refractivity contribution in [1.82, 2.24) is 26.2 Å². The molecule has 1 unspecified atom stereocenters. The number of nitrogens with zero attached hydrogens (tertiary/aromatic N) is 3. The molecule has 0 spiro atoms. The van der Waals surface area contributed by atoms with Crippen LogP contribution >= 0.6 is 0 Å². The summed E-state index contributed by atoms with van der Waals surface area (Å²) in [6.07, 6.45) is 1.70. The summed E-state index contributed by atoms with van der Waals surface area (Å²) in [5, 5.41) is 29.5. The molecular weight excluding hydrogens is 1010 g/mol. The van der Waals surface area contributed by atoms with Gasteiger partial charge >= 0.3 is 12.1 Å². The van der Waals surface area contributed by atoms with E-state index in [9.17, 15) is 43.5 Å². The van der Waals surface area contributed by atoms with Gasteiger partial charge < -0.3 is 52.0 Å². The number of carboxylic acid groups (broad SMARTS) is 1. The Morgan fingerprint density at radius 1 is 0.810 bits per heavy atom. The van der Waals surface area contributed by atoms with Crippen molar-refractivity contribution in [3.05, 3.63) is 137 Å². The lowest BCUT2D eigenvalue weighted by Gasteiger charge is -2.38. The molecule has 1 aliphatic heterocycles. The monoisotopic (exact) mass is 1080 g/mol. The zero-order valence-corrected chi connectivity index (χ0v) is 46.2. The van der Waals surface area contributed by atoms with Gasteiger partial charge in [-0.05, 0) is 86.2 Å². The minimum atomic E-state index is -1.09. The average Bonchev–Trinajstić information content (AvgIpc) is 3.51. The molecule has 3 atom stereocenters. The molecule has 0 fully saturated rings. The SMILES string of the molecule is CN[C@H](C(=O)NC(C(=O)N(C)C/C=C(\C)C(=O)O)C(C)(C)C)C(C)(C)c1cccc(NC(=O)OCc2ccc(NC(=O)[C@H](C)NC(=O)CNC(=O)CCCCC(=O)N3Cc4ccccc4/C(N=N)=C(/N)c4ccccc43)cc2)c1. The van der Waals surface area contributed by atoms with E-state index in [1.165, 1.54) is 24.8 Å². The molecule has 0 saturated heterocycles. The van der Waals surface area contributed by atoms with Crippen molar-refractivity contribution in [3.63, 3.8) is 0 Å². The maximum atomic E-state index is 14.0. The van der Waals surface area contributed by atoms with Crippen LogP contribution in [0.2, 0.25) is 0 Å². The summed E-state index contributed by atoms with van der Waals surface area (Å²) in [4.78, 5) is 107. The Bertz CT molecular complexity index is 2980. The first-order chi connectivity index (χ1) is 37.3. The maximum Gasteiger partial charge on any atom is 0.411 e. The van der Waals surface area contributed by atoms with Crippen molar-refractivity contribution in [2.45, 2.75) is 111 Å². The Morgan fingerprint density at radius 3 is 2.13 bits per heavy atom. The molecule has 7 amide bonds. The van der Waals surface area contributed by atoms with E-state index in [2.05, 4.69) is 37.0 Å². The molecule has 79 heavy (non-hydrogen) atoms. The van der Waals surface area contributed by atoms with Crippen molar-refractivity contribution >= 4 is 76.0 Å². The van der Waals surface area contributed by atoms with Crippen LogP contribution in [0.5, 0.6) is 0 Å². The second-order valence-corrected chi connectivity index (χ2v) is 20.9. The Hall–Kier alpha value is -8.72. The predicted molar refractivity (Wildman–Crippen MR) is 301 cm³/mol. The van der Waals surface area contributed by atoms with E-state index >= 15 is 0 Å². The van der Waals surface area contributed by atoms with E-state index in [0.29, 0.717) is 57.9 Å². The lowest BCUT2D eigenvalue weighted by atomic mass is 9.76. The van der Waals surface area contributed by atoms with E-state index in [4.69, 9.17) is 16.0 Å². The molecule has 4 aromatic carbocycles. The minimum Gasteiger partial charge on any atom is -0.478 e. The molecule has 0 saturated carbocycles. The van der Waals surface area contributed by atoms with E-state index in [-0.39, 0.29) is 68.1 Å². The van der Waals surface area contributed by atoms with Crippen LogP contribution in [0.25, 0.3) is 11.4 Å². The molecule has 0 radical (unpaired) electrons. The van der Waals surface area contributed by atoms with E-state index in [0.717, 1.165) is 5.56 Å². The Kier molecular flexibility index (Phi) is 21.3. The predicted octanol–water partition coefficient (Wildman–Crippen LogP) is 6.80. The van der Waals surface area contributed by atoms with Crippen molar-refractivity contribution in [3.8, 4) is 0 Å². The number of nitrogens with two attached hydrogens (primary N) is 1. The number of benzene rings is 4. The topological polar surface area (TPSA) is 307 Å². The summed E-state index contributed by atoms with van der Waals surface area (Å²) in [6, 6.07) is 25.3. The Morgan fingerprint density at radius 2 is 1.47 bits per heavy atom. The number of likely N-dealkylation sites (N-methyl/N-ethyl adjacent to an activating group) is 2. The first-order valence-electron chi connectivity index (χ1n) is 25.8. The highest BCUT2D eigenvalue weighted by atomic mass is 16.5. The fourth-order valence-electron chi connectivity index (χ4n) is 8.79. The van der Waals surface area contributed by atoms with Gasteiger partial charge in [0.2, 0.25) is 35.4 Å². The molecular formula is C58H73N11O10. The van der Waals surface area contributed by atoms with Crippen LogP contribution in [-0.4, -0.2) is 103 Å². The van der Waals surface area contributed by atoms with Crippen molar-refractivity contribution in [2.24, 2.45) is 16.3 Å². The molecule has 0 bridgehead atoms. The number of hydrogen-bond donors (Lipinski definition) is 9. The minimum absolute atomic E-state index is 0.0429. The molecule has 21 nitrogen and oxygen atoms in total. The Labute approximate surface area is 460 Å². The van der Waals surface area contributed by atoms with E-state index < -0.39 is 58.7 Å². The van der Waals surface area contributed by atoms with Gasteiger partial charge in [-0.2, -0.15) is 5.11 Å². The van der Waals surface area contributed by atoms with Crippen molar-refractivity contribution in [2.75, 3.05) is 42.7 Å². The summed E-state index contributed by atoms with van der Waals surface area (Å²) in [5.41, 5.74) is 18.2. The molecule has 10 N–H and O–H groups in total. The zero-order chi connectivity index (χ0) is 58.2. The zero-order valence-electron chi connectivity index (χ0n) is 46.2. The highest BCUT2D eigenvalue weighted by Gasteiger charge is 2.41. The number of hydrogen-bond acceptors (Lipinski definition) is 13. The van der Waals surface area contributed by atoms with Crippen LogP contribution in [0.3, 0.4) is 0 Å². The van der Waals surface area contributed by atoms with Gasteiger partial charge in [-0.15, -0.1) is 0 Å². The van der Waals surface area contributed by atoms with Gasteiger partial charge in [0.25, 0.3) is 0 Å². The van der Waals surface area contributed by atoms with Gasteiger partial charge in [0.1, 0.15) is 24.4 Å². The number of fused-ring (bicyclic) bond motifs is 2. The molecule has 4 aromatic rings. The van der Waals surface area contributed by atoms with E-state index in [1.807, 2.05) is 71.0 Å². The first-order valence-corrected chi connectivity index (χ1v) is 25.8. The number of carbonyl (C=O) groups excluding carboxylic acids is 7. The molecule has 5 rings (SSSR count). The van der Waals surface area contributed by atoms with Crippen LogP contribution in [0.1, 0.15) is 102 Å². The number of carboxylic acids is 1. The lowest BCUT2D eigenvalue weighted by molar-refractivity contribution is -0.139. The third kappa shape index (κ3) is 16.6. The number of unbranched alkanes of at least 4 members (excludes halogenated alkanes) is 1. The molecule has 420 valence electrons. The molecule has 1 aliphatic rings. The second-order valence-electron chi connectivity index (χ2n) is 20.9. The number of aliphatic carboxylic acids is 1. The number of rotatable bonds is 23. The van der Waals surface area contributed by atoms with Gasteiger partial charge in [-0.25, -0.2) is 15.1 Å². The molecule has 21 heteroatoms. The number of nitrogens with one attached hydrogen (secondary N) is 7. The fourth-order valence-corrected chi connectivity index (χ4v) is 8.79.